The molecule has 0 heterocycles. The molecule has 0 aromatic rings. The monoisotopic (exact) mass is 272 g/mol. The van der Waals surface area contributed by atoms with E-state index < -0.39 is 17.4 Å². The number of carbonyl (C=O) groups excluding carboxylic acids is 2. The zero-order valence-electron chi connectivity index (χ0n) is 12.2. The van der Waals surface area contributed by atoms with Crippen LogP contribution in [-0.2, 0) is 9.59 Å². The number of amidine groups is 1. The van der Waals surface area contributed by atoms with Crippen molar-refractivity contribution in [1.82, 2.24) is 10.6 Å². The molecule has 0 bridgehead atoms. The number of hydrogen-bond acceptors (Lipinski definition) is 4. The number of oxime groups is 1. The van der Waals surface area contributed by atoms with Gasteiger partial charge in [0.1, 0.15) is 11.5 Å². The van der Waals surface area contributed by atoms with Crippen LogP contribution in [0.1, 0.15) is 41.0 Å². The zero-order chi connectivity index (χ0) is 15.2. The van der Waals surface area contributed by atoms with E-state index in [-0.39, 0.29) is 17.8 Å². The highest BCUT2D eigenvalue weighted by molar-refractivity contribution is 6.07. The third-order valence-corrected chi connectivity index (χ3v) is 3.05. The van der Waals surface area contributed by atoms with E-state index in [9.17, 15) is 9.59 Å². The molecule has 0 aromatic heterocycles. The summed E-state index contributed by atoms with van der Waals surface area (Å²) >= 11 is 0. The molecule has 19 heavy (non-hydrogen) atoms. The van der Waals surface area contributed by atoms with Gasteiger partial charge in [-0.2, -0.15) is 0 Å². The van der Waals surface area contributed by atoms with Gasteiger partial charge >= 0.3 is 0 Å². The van der Waals surface area contributed by atoms with Gasteiger partial charge in [-0.1, -0.05) is 12.1 Å². The molecule has 7 nitrogen and oxygen atoms in total. The second-order valence-electron chi connectivity index (χ2n) is 5.03. The Labute approximate surface area is 113 Å². The summed E-state index contributed by atoms with van der Waals surface area (Å²) in [5.74, 6) is -0.901. The van der Waals surface area contributed by atoms with Crippen molar-refractivity contribution < 1.29 is 14.8 Å². The summed E-state index contributed by atoms with van der Waals surface area (Å²) in [4.78, 5) is 23.8. The molecule has 0 aliphatic heterocycles. The Kier molecular flexibility index (Phi) is 6.31. The first-order valence-corrected chi connectivity index (χ1v) is 6.28. The number of nitrogens with one attached hydrogen (secondary N) is 2. The molecule has 2 unspecified atom stereocenters. The maximum atomic E-state index is 12.1. The fourth-order valence-corrected chi connectivity index (χ4v) is 1.40. The van der Waals surface area contributed by atoms with E-state index in [0.717, 1.165) is 0 Å². The quantitative estimate of drug-likeness (QED) is 0.239. The Morgan fingerprint density at radius 3 is 2.21 bits per heavy atom. The first-order valence-electron chi connectivity index (χ1n) is 6.28. The molecule has 110 valence electrons. The van der Waals surface area contributed by atoms with E-state index in [0.29, 0.717) is 6.42 Å². The molecule has 2 amide bonds. The highest BCUT2D eigenvalue weighted by Crippen LogP contribution is 2.21. The molecule has 0 rings (SSSR count). The first kappa shape index (κ1) is 17.2. The van der Waals surface area contributed by atoms with Crippen LogP contribution >= 0.6 is 0 Å². The van der Waals surface area contributed by atoms with Crippen molar-refractivity contribution in [2.75, 3.05) is 0 Å². The van der Waals surface area contributed by atoms with Crippen LogP contribution in [0.5, 0.6) is 0 Å². The van der Waals surface area contributed by atoms with Crippen molar-refractivity contribution in [3.05, 3.63) is 0 Å². The van der Waals surface area contributed by atoms with Crippen LogP contribution in [-0.4, -0.2) is 34.9 Å². The van der Waals surface area contributed by atoms with E-state index in [1.54, 1.807) is 20.8 Å². The van der Waals surface area contributed by atoms with Crippen LogP contribution in [0.2, 0.25) is 0 Å². The van der Waals surface area contributed by atoms with Crippen molar-refractivity contribution in [3.63, 3.8) is 0 Å². The van der Waals surface area contributed by atoms with Crippen LogP contribution in [0.4, 0.5) is 0 Å². The van der Waals surface area contributed by atoms with E-state index in [1.807, 2.05) is 13.8 Å². The van der Waals surface area contributed by atoms with Gasteiger partial charge in [0.15, 0.2) is 5.84 Å². The van der Waals surface area contributed by atoms with E-state index in [1.165, 1.54) is 0 Å². The van der Waals surface area contributed by atoms with Gasteiger partial charge in [-0.25, -0.2) is 0 Å². The molecule has 2 atom stereocenters. The molecule has 5 N–H and O–H groups in total. The molecular formula is C12H24N4O3. The van der Waals surface area contributed by atoms with Gasteiger partial charge in [-0.15, -0.1) is 0 Å². The Balaban J connectivity index is 4.80. The van der Waals surface area contributed by atoms with Crippen molar-refractivity contribution >= 4 is 17.6 Å². The van der Waals surface area contributed by atoms with Gasteiger partial charge in [-0.3, -0.25) is 9.59 Å². The number of nitrogens with two attached hydrogens (primary N) is 1. The fraction of sp³-hybridized carbons (Fsp3) is 0.750. The lowest BCUT2D eigenvalue weighted by molar-refractivity contribution is -0.132. The van der Waals surface area contributed by atoms with Gasteiger partial charge in [0, 0.05) is 6.04 Å². The maximum absolute atomic E-state index is 12.1. The fourth-order valence-electron chi connectivity index (χ4n) is 1.40. The standard InChI is InChI=1S/C12H24N4O3/c1-6-12(5,10(13)16-19)11(18)15-8(4)9(17)14-7(2)3/h7-8,19H,6H2,1-5H3,(H2,13,16)(H,14,17)(H,15,18). The highest BCUT2D eigenvalue weighted by Gasteiger charge is 2.37. The molecule has 0 fully saturated rings. The first-order chi connectivity index (χ1) is 8.68. The third-order valence-electron chi connectivity index (χ3n) is 3.05. The number of nitrogens with zero attached hydrogens (tertiary/aromatic N) is 1. The minimum absolute atomic E-state index is 0.00603. The Morgan fingerprint density at radius 2 is 1.84 bits per heavy atom. The average molecular weight is 272 g/mol. The van der Waals surface area contributed by atoms with Crippen molar-refractivity contribution in [3.8, 4) is 0 Å². The minimum Gasteiger partial charge on any atom is -0.409 e. The van der Waals surface area contributed by atoms with Gasteiger partial charge in [0.25, 0.3) is 0 Å². The van der Waals surface area contributed by atoms with Gasteiger partial charge in [0.05, 0.1) is 0 Å². The second kappa shape index (κ2) is 6.96. The van der Waals surface area contributed by atoms with Crippen molar-refractivity contribution in [2.24, 2.45) is 16.3 Å². The molecule has 0 spiro atoms. The highest BCUT2D eigenvalue weighted by atomic mass is 16.4. The number of hydrogen-bond donors (Lipinski definition) is 4. The summed E-state index contributed by atoms with van der Waals surface area (Å²) < 4.78 is 0. The van der Waals surface area contributed by atoms with Gasteiger partial charge in [-0.05, 0) is 34.1 Å². The van der Waals surface area contributed by atoms with Crippen LogP contribution in [0, 0.1) is 5.41 Å². The van der Waals surface area contributed by atoms with Crippen molar-refractivity contribution in [2.45, 2.75) is 53.1 Å². The number of rotatable bonds is 6. The predicted octanol–water partition coefficient (Wildman–Crippen LogP) is 0.178. The molecule has 7 heteroatoms. The Bertz CT molecular complexity index is 368. The summed E-state index contributed by atoms with van der Waals surface area (Å²) in [5.41, 5.74) is 4.40. The van der Waals surface area contributed by atoms with Gasteiger partial charge in [0.2, 0.25) is 11.8 Å². The largest absolute Gasteiger partial charge is 0.409 e. The van der Waals surface area contributed by atoms with E-state index in [2.05, 4.69) is 15.8 Å². The molecule has 0 radical (unpaired) electrons. The lowest BCUT2D eigenvalue weighted by Gasteiger charge is -2.27. The van der Waals surface area contributed by atoms with E-state index >= 15 is 0 Å². The van der Waals surface area contributed by atoms with Crippen molar-refractivity contribution in [1.29, 1.82) is 0 Å². The summed E-state index contributed by atoms with van der Waals surface area (Å²) in [6.45, 7) is 8.55. The Hall–Kier alpha value is -1.79. The lowest BCUT2D eigenvalue weighted by Crippen LogP contribution is -2.54. The topological polar surface area (TPSA) is 117 Å². The zero-order valence-corrected chi connectivity index (χ0v) is 12.2. The summed E-state index contributed by atoms with van der Waals surface area (Å²) in [6, 6.07) is -0.694. The summed E-state index contributed by atoms with van der Waals surface area (Å²) in [6.07, 6.45) is 0.354. The van der Waals surface area contributed by atoms with Crippen LogP contribution in [0.15, 0.2) is 5.16 Å². The molecule has 0 aliphatic rings. The normalized spacial score (nSPS) is 16.6. The lowest BCUT2D eigenvalue weighted by atomic mass is 9.85. The van der Waals surface area contributed by atoms with Crippen LogP contribution < -0.4 is 16.4 Å². The minimum atomic E-state index is -1.14. The Morgan fingerprint density at radius 1 is 1.32 bits per heavy atom. The smallest absolute Gasteiger partial charge is 0.242 e. The van der Waals surface area contributed by atoms with Crippen LogP contribution in [0.3, 0.4) is 0 Å². The van der Waals surface area contributed by atoms with Gasteiger partial charge < -0.3 is 21.6 Å². The van der Waals surface area contributed by atoms with E-state index in [4.69, 9.17) is 10.9 Å². The molecule has 0 aliphatic carbocycles. The number of carbonyl (C=O) groups is 2. The SMILES string of the molecule is CCC(C)(C(=O)NC(C)C(=O)NC(C)C)C(N)=NO. The average Bonchev–Trinajstić information content (AvgIpc) is 2.35. The van der Waals surface area contributed by atoms with Crippen LogP contribution in [0.25, 0.3) is 0 Å². The molecular weight excluding hydrogens is 248 g/mol. The number of amides is 2. The summed E-state index contributed by atoms with van der Waals surface area (Å²) in [7, 11) is 0. The summed E-state index contributed by atoms with van der Waals surface area (Å²) in [5, 5.41) is 16.9. The molecule has 0 aromatic carbocycles. The maximum Gasteiger partial charge on any atom is 0.242 e. The second-order valence-corrected chi connectivity index (χ2v) is 5.03. The molecule has 0 saturated carbocycles. The predicted molar refractivity (Wildman–Crippen MR) is 72.7 cm³/mol. The third kappa shape index (κ3) is 4.42. The molecule has 0 saturated heterocycles.